The molecule has 5 nitrogen and oxygen atoms in total. The summed E-state index contributed by atoms with van der Waals surface area (Å²) in [6.07, 6.45) is -4.43. The topological polar surface area (TPSA) is 59.0 Å². The van der Waals surface area contributed by atoms with E-state index in [0.29, 0.717) is 35.0 Å². The van der Waals surface area contributed by atoms with Crippen LogP contribution in [-0.2, 0) is 12.7 Å². The summed E-state index contributed by atoms with van der Waals surface area (Å²) in [7, 11) is 1.62. The van der Waals surface area contributed by atoms with Gasteiger partial charge in [0, 0.05) is 36.5 Å². The van der Waals surface area contributed by atoms with Crippen molar-refractivity contribution in [2.45, 2.75) is 18.9 Å². The Hall–Kier alpha value is -3.43. The van der Waals surface area contributed by atoms with Crippen molar-refractivity contribution in [3.63, 3.8) is 0 Å². The molecular weight excluding hydrogens is 407 g/mol. The molecule has 1 aliphatic heterocycles. The summed E-state index contributed by atoms with van der Waals surface area (Å²) < 4.78 is 67.5. The zero-order valence-electron chi connectivity index (χ0n) is 15.4. The second kappa shape index (κ2) is 7.12. The minimum Gasteiger partial charge on any atom is -0.337 e. The highest BCUT2D eigenvalue weighted by atomic mass is 19.4. The van der Waals surface area contributed by atoms with Crippen molar-refractivity contribution in [3.05, 3.63) is 76.4 Å². The van der Waals surface area contributed by atoms with Crippen molar-refractivity contribution in [3.8, 4) is 11.4 Å². The van der Waals surface area contributed by atoms with E-state index >= 15 is 4.39 Å². The van der Waals surface area contributed by atoms with Crippen LogP contribution in [0, 0.1) is 5.82 Å². The fraction of sp³-hybridized carbons (Fsp3) is 0.200. The second-order valence-corrected chi connectivity index (χ2v) is 6.85. The highest BCUT2D eigenvalue weighted by Crippen LogP contribution is 2.35. The Kier molecular flexibility index (Phi) is 4.71. The molecule has 0 unspecified atom stereocenters. The van der Waals surface area contributed by atoms with Gasteiger partial charge in [-0.05, 0) is 35.9 Å². The van der Waals surface area contributed by atoms with E-state index in [4.69, 9.17) is 0 Å². The van der Waals surface area contributed by atoms with Gasteiger partial charge in [-0.15, -0.1) is 5.10 Å². The molecule has 30 heavy (non-hydrogen) atoms. The summed E-state index contributed by atoms with van der Waals surface area (Å²) in [5.41, 5.74) is -0.391. The average Bonchev–Trinajstić information content (AvgIpc) is 3.00. The smallest absolute Gasteiger partial charge is 0.337 e. The molecular formula is C20H13F5N4O. The molecule has 154 valence electrons. The summed E-state index contributed by atoms with van der Waals surface area (Å²) in [5, 5.41) is 7.64. The van der Waals surface area contributed by atoms with Gasteiger partial charge < -0.3 is 4.90 Å². The molecule has 10 heteroatoms. The third-order valence-electron chi connectivity index (χ3n) is 4.78. The van der Waals surface area contributed by atoms with Crippen LogP contribution in [0.4, 0.5) is 22.0 Å². The first-order valence-electron chi connectivity index (χ1n) is 8.73. The minimum absolute atomic E-state index is 0.115. The summed E-state index contributed by atoms with van der Waals surface area (Å²) in [4.78, 5) is 17.9. The van der Waals surface area contributed by atoms with Gasteiger partial charge in [-0.25, -0.2) is 8.78 Å². The number of rotatable bonds is 3. The number of carbonyl (C=O) groups excluding carboxylic acids is 1. The van der Waals surface area contributed by atoms with Crippen LogP contribution in [0.5, 0.6) is 0 Å². The Labute approximate surface area is 167 Å². The maximum absolute atomic E-state index is 15.0. The number of carbonyl (C=O) groups is 1. The molecule has 1 atom stereocenters. The number of nitrogens with zero attached hydrogens (tertiary/aromatic N) is 4. The maximum Gasteiger partial charge on any atom is 0.416 e. The van der Waals surface area contributed by atoms with Gasteiger partial charge in [0.05, 0.1) is 17.5 Å². The first kappa shape index (κ1) is 19.9. The van der Waals surface area contributed by atoms with E-state index in [1.54, 1.807) is 13.1 Å². The monoisotopic (exact) mass is 420 g/mol. The zero-order chi connectivity index (χ0) is 21.6. The molecule has 0 N–H and O–H groups in total. The van der Waals surface area contributed by atoms with Gasteiger partial charge in [-0.2, -0.15) is 18.3 Å². The largest absolute Gasteiger partial charge is 0.416 e. The maximum atomic E-state index is 15.0. The number of amides is 1. The second-order valence-electron chi connectivity index (χ2n) is 6.85. The van der Waals surface area contributed by atoms with E-state index < -0.39 is 29.3 Å². The van der Waals surface area contributed by atoms with E-state index in [1.165, 1.54) is 17.2 Å². The molecule has 3 aromatic rings. The molecule has 1 aromatic carbocycles. The van der Waals surface area contributed by atoms with Gasteiger partial charge in [0.1, 0.15) is 11.5 Å². The molecule has 0 spiro atoms. The van der Waals surface area contributed by atoms with Gasteiger partial charge in [0.2, 0.25) is 0 Å². The third-order valence-corrected chi connectivity index (χ3v) is 4.78. The van der Waals surface area contributed by atoms with E-state index in [0.717, 1.165) is 6.20 Å². The molecule has 0 saturated carbocycles. The van der Waals surface area contributed by atoms with Crippen LogP contribution in [0.2, 0.25) is 0 Å². The van der Waals surface area contributed by atoms with Gasteiger partial charge >= 0.3 is 6.18 Å². The number of hydrogen-bond donors (Lipinski definition) is 0. The molecule has 0 radical (unpaired) electrons. The van der Waals surface area contributed by atoms with Gasteiger partial charge in [0.15, 0.2) is 6.17 Å². The van der Waals surface area contributed by atoms with Crippen LogP contribution in [0.1, 0.15) is 38.8 Å². The van der Waals surface area contributed by atoms with Crippen molar-refractivity contribution in [2.75, 3.05) is 7.05 Å². The number of aromatic nitrogens is 3. The van der Waals surface area contributed by atoms with Crippen LogP contribution in [-0.4, -0.2) is 33.0 Å². The average molecular weight is 420 g/mol. The Morgan fingerprint density at radius 3 is 2.63 bits per heavy atom. The van der Waals surface area contributed by atoms with E-state index in [1.807, 2.05) is 0 Å². The van der Waals surface area contributed by atoms with Crippen molar-refractivity contribution in [2.24, 2.45) is 0 Å². The Morgan fingerprint density at radius 1 is 1.13 bits per heavy atom. The number of alkyl halides is 4. The number of fused-ring (bicyclic) bond motifs is 1. The Bertz CT molecular complexity index is 1150. The number of pyridine rings is 1. The summed E-state index contributed by atoms with van der Waals surface area (Å²) in [5.74, 6) is -1.39. The molecule has 0 fully saturated rings. The molecule has 0 aliphatic carbocycles. The van der Waals surface area contributed by atoms with Crippen LogP contribution in [0.25, 0.3) is 11.4 Å². The van der Waals surface area contributed by atoms with Crippen molar-refractivity contribution >= 4 is 5.91 Å². The molecule has 1 aliphatic rings. The van der Waals surface area contributed by atoms with E-state index in [-0.39, 0.29) is 23.7 Å². The van der Waals surface area contributed by atoms with Crippen LogP contribution in [0.3, 0.4) is 0 Å². The number of hydrogen-bond acceptors (Lipinski definition) is 4. The quantitative estimate of drug-likeness (QED) is 0.592. The van der Waals surface area contributed by atoms with Crippen LogP contribution in [0.15, 0.2) is 42.7 Å². The molecule has 2 aromatic heterocycles. The lowest BCUT2D eigenvalue weighted by Crippen LogP contribution is -2.17. The van der Waals surface area contributed by atoms with Gasteiger partial charge in [-0.1, -0.05) is 0 Å². The minimum atomic E-state index is -4.81. The number of halogens is 5. The Morgan fingerprint density at radius 2 is 1.90 bits per heavy atom. The fourth-order valence-corrected chi connectivity index (χ4v) is 3.34. The molecule has 0 saturated heterocycles. The zero-order valence-corrected chi connectivity index (χ0v) is 15.4. The predicted octanol–water partition coefficient (Wildman–Crippen LogP) is 4.34. The van der Waals surface area contributed by atoms with Crippen molar-refractivity contribution in [1.29, 1.82) is 0 Å². The number of benzene rings is 1. The first-order chi connectivity index (χ1) is 14.1. The fourth-order valence-electron chi connectivity index (χ4n) is 3.34. The predicted molar refractivity (Wildman–Crippen MR) is 95.4 cm³/mol. The summed E-state index contributed by atoms with van der Waals surface area (Å²) >= 11 is 0. The lowest BCUT2D eigenvalue weighted by molar-refractivity contribution is -0.137. The van der Waals surface area contributed by atoms with E-state index in [9.17, 15) is 22.4 Å². The summed E-state index contributed by atoms with van der Waals surface area (Å²) in [6.45, 7) is 0.279. The standard InChI is InChI=1S/C20H13F5N4O/c1-29-9-15-14(19(29)30)2-3-26-18(15)16-6-11(8-27-28-16)17(22)10-4-12(20(23,24)25)7-13(21)5-10/h2-8,17H,9H2,1H3/t17-/m1/s1. The molecule has 3 heterocycles. The van der Waals surface area contributed by atoms with Crippen molar-refractivity contribution < 1.29 is 26.7 Å². The first-order valence-corrected chi connectivity index (χ1v) is 8.73. The lowest BCUT2D eigenvalue weighted by Gasteiger charge is -2.13. The third kappa shape index (κ3) is 3.49. The van der Waals surface area contributed by atoms with Gasteiger partial charge in [-0.3, -0.25) is 9.78 Å². The highest BCUT2D eigenvalue weighted by Gasteiger charge is 2.33. The Balaban J connectivity index is 1.74. The molecule has 0 bridgehead atoms. The summed E-state index contributed by atoms with van der Waals surface area (Å²) in [6, 6.07) is 4.40. The lowest BCUT2D eigenvalue weighted by atomic mass is 10.00. The normalized spacial score (nSPS) is 14.7. The van der Waals surface area contributed by atoms with Gasteiger partial charge in [0.25, 0.3) is 5.91 Å². The SMILES string of the molecule is CN1Cc2c(ccnc2-c2cc([C@H](F)c3cc(F)cc(C(F)(F)F)c3)cnn2)C1=O. The highest BCUT2D eigenvalue weighted by molar-refractivity contribution is 5.99. The van der Waals surface area contributed by atoms with E-state index in [2.05, 4.69) is 15.2 Å². The van der Waals surface area contributed by atoms with Crippen molar-refractivity contribution in [1.82, 2.24) is 20.1 Å². The van der Waals surface area contributed by atoms with Crippen LogP contribution < -0.4 is 0 Å². The molecule has 4 rings (SSSR count). The van der Waals surface area contributed by atoms with Crippen LogP contribution >= 0.6 is 0 Å². The molecule has 1 amide bonds.